The van der Waals surface area contributed by atoms with Crippen LogP contribution in [0.25, 0.3) is 0 Å². The third kappa shape index (κ3) is 3.73. The molecule has 0 aliphatic rings. The summed E-state index contributed by atoms with van der Waals surface area (Å²) in [7, 11) is -3.65. The van der Waals surface area contributed by atoms with Gasteiger partial charge in [0.25, 0.3) is 0 Å². The van der Waals surface area contributed by atoms with Crippen LogP contribution in [0.4, 0.5) is 13.2 Å². The number of nitrogens with one attached hydrogen (secondary N) is 1. The van der Waals surface area contributed by atoms with Gasteiger partial charge in [-0.15, -0.1) is 0 Å². The fourth-order valence-electron chi connectivity index (χ4n) is 1.80. The Balaban J connectivity index is 3.05. The summed E-state index contributed by atoms with van der Waals surface area (Å²) in [6.07, 6.45) is -4.47. The van der Waals surface area contributed by atoms with E-state index in [1.54, 1.807) is 13.8 Å². The molecule has 3 nitrogen and oxygen atoms in total. The third-order valence-electron chi connectivity index (χ3n) is 3.23. The van der Waals surface area contributed by atoms with E-state index in [9.17, 15) is 21.6 Å². The topological polar surface area (TPSA) is 46.2 Å². The summed E-state index contributed by atoms with van der Waals surface area (Å²) in [5.41, 5.74) is -0.858. The smallest absolute Gasteiger partial charge is 0.313 e. The highest BCUT2D eigenvalue weighted by atomic mass is 32.2. The van der Waals surface area contributed by atoms with E-state index in [-0.39, 0.29) is 10.9 Å². The standard InChI is InChI=1S/C13H18F3NO2S/c1-4-17-9(2)10(3)20(18,19)12-7-5-11(6-8-12)13(14,15)16/h5-10,17H,4H2,1-3H3. The second-order valence-corrected chi connectivity index (χ2v) is 6.92. The van der Waals surface area contributed by atoms with Crippen LogP contribution in [0.3, 0.4) is 0 Å². The average molecular weight is 309 g/mol. The van der Waals surface area contributed by atoms with Gasteiger partial charge in [-0.25, -0.2) is 8.42 Å². The number of alkyl halides is 3. The fraction of sp³-hybridized carbons (Fsp3) is 0.538. The summed E-state index contributed by atoms with van der Waals surface area (Å²) < 4.78 is 61.9. The molecule has 0 saturated carbocycles. The zero-order valence-electron chi connectivity index (χ0n) is 11.5. The molecule has 0 aromatic heterocycles. The van der Waals surface area contributed by atoms with Crippen molar-refractivity contribution in [1.82, 2.24) is 5.32 Å². The molecule has 20 heavy (non-hydrogen) atoms. The van der Waals surface area contributed by atoms with E-state index in [4.69, 9.17) is 0 Å². The Morgan fingerprint density at radius 1 is 1.15 bits per heavy atom. The van der Waals surface area contributed by atoms with Gasteiger partial charge in [-0.05, 0) is 44.7 Å². The second kappa shape index (κ2) is 6.13. The van der Waals surface area contributed by atoms with Gasteiger partial charge in [0.1, 0.15) is 0 Å². The summed E-state index contributed by atoms with van der Waals surface area (Å²) in [4.78, 5) is -0.0947. The maximum absolute atomic E-state index is 12.4. The molecule has 114 valence electrons. The Morgan fingerprint density at radius 3 is 2.05 bits per heavy atom. The van der Waals surface area contributed by atoms with Crippen molar-refractivity contribution in [1.29, 1.82) is 0 Å². The molecule has 1 aromatic carbocycles. The van der Waals surface area contributed by atoms with E-state index in [0.717, 1.165) is 24.3 Å². The van der Waals surface area contributed by atoms with Gasteiger partial charge < -0.3 is 5.32 Å². The largest absolute Gasteiger partial charge is 0.416 e. The van der Waals surface area contributed by atoms with E-state index in [0.29, 0.717) is 6.54 Å². The van der Waals surface area contributed by atoms with Crippen LogP contribution in [0.15, 0.2) is 29.2 Å². The minimum absolute atomic E-state index is 0.0947. The van der Waals surface area contributed by atoms with Crippen LogP contribution in [0.5, 0.6) is 0 Å². The normalized spacial score (nSPS) is 15.9. The number of halogens is 3. The monoisotopic (exact) mass is 309 g/mol. The Morgan fingerprint density at radius 2 is 1.65 bits per heavy atom. The first-order valence-electron chi connectivity index (χ1n) is 6.25. The van der Waals surface area contributed by atoms with Crippen molar-refractivity contribution in [2.75, 3.05) is 6.54 Å². The van der Waals surface area contributed by atoms with Crippen LogP contribution >= 0.6 is 0 Å². The Hall–Kier alpha value is -1.08. The highest BCUT2D eigenvalue weighted by molar-refractivity contribution is 7.92. The lowest BCUT2D eigenvalue weighted by Gasteiger charge is -2.21. The molecule has 0 saturated heterocycles. The van der Waals surface area contributed by atoms with Crippen molar-refractivity contribution in [2.45, 2.75) is 43.1 Å². The highest BCUT2D eigenvalue weighted by Gasteiger charge is 2.32. The molecule has 0 fully saturated rings. The van der Waals surface area contributed by atoms with Gasteiger partial charge in [0.2, 0.25) is 0 Å². The molecule has 1 aromatic rings. The van der Waals surface area contributed by atoms with Crippen molar-refractivity contribution in [3.8, 4) is 0 Å². The van der Waals surface area contributed by atoms with E-state index in [1.807, 2.05) is 6.92 Å². The predicted molar refractivity (Wildman–Crippen MR) is 71.2 cm³/mol. The molecular formula is C13H18F3NO2S. The molecule has 0 heterocycles. The quantitative estimate of drug-likeness (QED) is 0.910. The Kier molecular flexibility index (Phi) is 5.21. The SMILES string of the molecule is CCNC(C)C(C)S(=O)(=O)c1ccc(C(F)(F)F)cc1. The van der Waals surface area contributed by atoms with E-state index in [2.05, 4.69) is 5.32 Å². The maximum atomic E-state index is 12.4. The molecule has 7 heteroatoms. The van der Waals surface area contributed by atoms with Gasteiger partial charge in [0.15, 0.2) is 9.84 Å². The number of rotatable bonds is 5. The van der Waals surface area contributed by atoms with Crippen LogP contribution in [0, 0.1) is 0 Å². The fourth-order valence-corrected chi connectivity index (χ4v) is 3.38. The van der Waals surface area contributed by atoms with Crippen LogP contribution in [0.1, 0.15) is 26.3 Å². The second-order valence-electron chi connectivity index (χ2n) is 4.62. The number of sulfone groups is 1. The van der Waals surface area contributed by atoms with Crippen LogP contribution in [-0.4, -0.2) is 26.3 Å². The Bertz CT molecular complexity index is 538. The summed E-state index contributed by atoms with van der Waals surface area (Å²) in [5, 5.41) is 2.27. The van der Waals surface area contributed by atoms with Crippen molar-refractivity contribution < 1.29 is 21.6 Å². The summed E-state index contributed by atoms with van der Waals surface area (Å²) >= 11 is 0. The predicted octanol–water partition coefficient (Wildman–Crippen LogP) is 2.87. The molecule has 0 bridgehead atoms. The summed E-state index contributed by atoms with van der Waals surface area (Å²) in [5.74, 6) is 0. The lowest BCUT2D eigenvalue weighted by molar-refractivity contribution is -0.137. The van der Waals surface area contributed by atoms with Crippen LogP contribution in [0.2, 0.25) is 0 Å². The molecule has 0 radical (unpaired) electrons. The van der Waals surface area contributed by atoms with E-state index >= 15 is 0 Å². The molecule has 0 aliphatic carbocycles. The van der Waals surface area contributed by atoms with Gasteiger partial charge in [-0.3, -0.25) is 0 Å². The minimum atomic E-state index is -4.47. The molecule has 1 rings (SSSR count). The summed E-state index contributed by atoms with van der Waals surface area (Å²) in [6.45, 7) is 5.75. The third-order valence-corrected chi connectivity index (χ3v) is 5.55. The van der Waals surface area contributed by atoms with Crippen molar-refractivity contribution >= 4 is 9.84 Å². The van der Waals surface area contributed by atoms with E-state index in [1.165, 1.54) is 0 Å². The molecule has 0 aliphatic heterocycles. The van der Waals surface area contributed by atoms with Gasteiger partial charge >= 0.3 is 6.18 Å². The molecular weight excluding hydrogens is 291 g/mol. The minimum Gasteiger partial charge on any atom is -0.313 e. The van der Waals surface area contributed by atoms with Gasteiger partial charge in [-0.2, -0.15) is 13.2 Å². The molecule has 0 amide bonds. The highest BCUT2D eigenvalue weighted by Crippen LogP contribution is 2.30. The number of hydrogen-bond acceptors (Lipinski definition) is 3. The Labute approximate surface area is 117 Å². The molecule has 0 spiro atoms. The molecule has 2 atom stereocenters. The van der Waals surface area contributed by atoms with Crippen molar-refractivity contribution in [3.05, 3.63) is 29.8 Å². The number of hydrogen-bond donors (Lipinski definition) is 1. The van der Waals surface area contributed by atoms with Crippen molar-refractivity contribution in [3.63, 3.8) is 0 Å². The van der Waals surface area contributed by atoms with Crippen molar-refractivity contribution in [2.24, 2.45) is 0 Å². The lowest BCUT2D eigenvalue weighted by atomic mass is 10.2. The molecule has 1 N–H and O–H groups in total. The first kappa shape index (κ1) is 17.0. The zero-order chi connectivity index (χ0) is 15.6. The zero-order valence-corrected chi connectivity index (χ0v) is 12.3. The van der Waals surface area contributed by atoms with Crippen LogP contribution in [-0.2, 0) is 16.0 Å². The van der Waals surface area contributed by atoms with Gasteiger partial charge in [0.05, 0.1) is 15.7 Å². The van der Waals surface area contributed by atoms with Gasteiger partial charge in [-0.1, -0.05) is 6.92 Å². The maximum Gasteiger partial charge on any atom is 0.416 e. The van der Waals surface area contributed by atoms with E-state index < -0.39 is 26.8 Å². The summed E-state index contributed by atoms with van der Waals surface area (Å²) in [6, 6.07) is 3.31. The first-order valence-corrected chi connectivity index (χ1v) is 7.80. The number of benzene rings is 1. The first-order chi connectivity index (χ1) is 9.10. The van der Waals surface area contributed by atoms with Crippen LogP contribution < -0.4 is 5.32 Å². The average Bonchev–Trinajstić information content (AvgIpc) is 2.37. The van der Waals surface area contributed by atoms with Gasteiger partial charge in [0, 0.05) is 6.04 Å². The lowest BCUT2D eigenvalue weighted by Crippen LogP contribution is -2.40. The molecule has 2 unspecified atom stereocenters.